The molecule has 1 aliphatic carbocycles. The number of nitrogens with one attached hydrogen (secondary N) is 2. The maximum absolute atomic E-state index is 12.6. The maximum atomic E-state index is 12.6. The lowest BCUT2D eigenvalue weighted by Gasteiger charge is -2.55. The van der Waals surface area contributed by atoms with Crippen LogP contribution in [0.4, 0.5) is 4.79 Å². The molecule has 0 bridgehead atoms. The summed E-state index contributed by atoms with van der Waals surface area (Å²) < 4.78 is 29.1. The molecule has 3 aliphatic rings. The highest BCUT2D eigenvalue weighted by atomic mass is 16.6. The Bertz CT molecular complexity index is 880. The topological polar surface area (TPSA) is 151 Å². The Morgan fingerprint density at radius 1 is 1.26 bits per heavy atom. The first-order valence-electron chi connectivity index (χ1n) is 13.6. The van der Waals surface area contributed by atoms with E-state index >= 15 is 0 Å². The number of carbonyl (C=O) groups excluding carboxylic acids is 3. The van der Waals surface area contributed by atoms with Gasteiger partial charge in [0, 0.05) is 19.4 Å². The second-order valence-electron chi connectivity index (χ2n) is 11.2. The molecule has 0 radical (unpaired) electrons. The van der Waals surface area contributed by atoms with Gasteiger partial charge in [-0.2, -0.15) is 0 Å². The average molecular weight is 540 g/mol. The van der Waals surface area contributed by atoms with Gasteiger partial charge in [0.2, 0.25) is 5.91 Å². The van der Waals surface area contributed by atoms with Gasteiger partial charge in [-0.15, -0.1) is 0 Å². The van der Waals surface area contributed by atoms with Gasteiger partial charge >= 0.3 is 12.1 Å². The van der Waals surface area contributed by atoms with E-state index in [1.165, 1.54) is 12.5 Å². The van der Waals surface area contributed by atoms with Crippen LogP contribution in [0.1, 0.15) is 66.7 Å². The number of nitrogens with two attached hydrogens (primary N) is 1. The molecular weight excluding hydrogens is 494 g/mol. The first-order chi connectivity index (χ1) is 17.9. The van der Waals surface area contributed by atoms with Crippen LogP contribution in [0.15, 0.2) is 11.6 Å². The van der Waals surface area contributed by atoms with Gasteiger partial charge in [0.15, 0.2) is 0 Å². The molecule has 0 aromatic carbocycles. The molecule has 2 aliphatic heterocycles. The summed E-state index contributed by atoms with van der Waals surface area (Å²) in [6, 6.07) is -1.51. The molecule has 216 valence electrons. The predicted molar refractivity (Wildman–Crippen MR) is 139 cm³/mol. The number of rotatable bonds is 12. The molecule has 2 amide bonds. The van der Waals surface area contributed by atoms with Gasteiger partial charge in [-0.3, -0.25) is 4.79 Å². The third-order valence-electron chi connectivity index (χ3n) is 7.63. The fourth-order valence-corrected chi connectivity index (χ4v) is 5.79. The van der Waals surface area contributed by atoms with Crippen LogP contribution in [0, 0.1) is 5.92 Å². The number of ether oxygens (including phenoxy) is 5. The van der Waals surface area contributed by atoms with Crippen LogP contribution in [-0.4, -0.2) is 86.4 Å². The van der Waals surface area contributed by atoms with Crippen molar-refractivity contribution in [3.05, 3.63) is 11.6 Å². The largest absolute Gasteiger partial charge is 0.462 e. The van der Waals surface area contributed by atoms with E-state index in [-0.39, 0.29) is 36.9 Å². The normalized spacial score (nSPS) is 33.3. The van der Waals surface area contributed by atoms with Crippen LogP contribution in [0.2, 0.25) is 0 Å². The van der Waals surface area contributed by atoms with Gasteiger partial charge < -0.3 is 40.1 Å². The quantitative estimate of drug-likeness (QED) is 0.146. The number of amides is 2. The Kier molecular flexibility index (Phi) is 10.2. The summed E-state index contributed by atoms with van der Waals surface area (Å²) in [5.74, 6) is -1.08. The summed E-state index contributed by atoms with van der Waals surface area (Å²) in [6.07, 6.45) is 4.24. The SMILES string of the molecule is CCC[C@H](N)C(=O)N[C@@H](C)C(=O)OCCNC(=O)O[C@@H]1CC[C@]2(CO2)[C@@H]([C@]2(C)CC(C=C(C)C)O2)[C@@H]1OC. The Hall–Kier alpha value is -2.21. The van der Waals surface area contributed by atoms with E-state index in [0.717, 1.165) is 19.3 Å². The van der Waals surface area contributed by atoms with E-state index in [1.807, 2.05) is 6.92 Å². The lowest BCUT2D eigenvalue weighted by Crippen LogP contribution is -2.65. The van der Waals surface area contributed by atoms with E-state index in [1.54, 1.807) is 7.11 Å². The van der Waals surface area contributed by atoms with Crippen molar-refractivity contribution in [2.24, 2.45) is 11.7 Å². The molecule has 2 heterocycles. The number of allylic oxidation sites excluding steroid dienone is 1. The zero-order valence-electron chi connectivity index (χ0n) is 23.5. The lowest BCUT2D eigenvalue weighted by atomic mass is 9.64. The third kappa shape index (κ3) is 7.25. The third-order valence-corrected chi connectivity index (χ3v) is 7.63. The highest BCUT2D eigenvalue weighted by Gasteiger charge is 2.67. The second kappa shape index (κ2) is 12.8. The molecular formula is C27H45N3O8. The molecule has 38 heavy (non-hydrogen) atoms. The molecule has 1 saturated carbocycles. The van der Waals surface area contributed by atoms with Crippen molar-refractivity contribution in [3.8, 4) is 0 Å². The second-order valence-corrected chi connectivity index (χ2v) is 11.2. The Balaban J connectivity index is 1.45. The molecule has 3 fully saturated rings. The average Bonchev–Trinajstić information content (AvgIpc) is 3.60. The van der Waals surface area contributed by atoms with E-state index < -0.39 is 41.8 Å². The van der Waals surface area contributed by atoms with Crippen LogP contribution in [-0.2, 0) is 33.3 Å². The zero-order valence-corrected chi connectivity index (χ0v) is 23.5. The minimum absolute atomic E-state index is 0.0621. The number of hydrogen-bond donors (Lipinski definition) is 3. The monoisotopic (exact) mass is 539 g/mol. The highest BCUT2D eigenvalue weighted by Crippen LogP contribution is 2.57. The first kappa shape index (κ1) is 30.3. The van der Waals surface area contributed by atoms with Crippen LogP contribution in [0.3, 0.4) is 0 Å². The van der Waals surface area contributed by atoms with Gasteiger partial charge in [0.05, 0.1) is 36.5 Å². The summed E-state index contributed by atoms with van der Waals surface area (Å²) in [4.78, 5) is 36.7. The Labute approximate surface area is 225 Å². The number of carbonyl (C=O) groups is 3. The van der Waals surface area contributed by atoms with Crippen molar-refractivity contribution < 1.29 is 38.1 Å². The minimum Gasteiger partial charge on any atom is -0.462 e. The molecule has 11 heteroatoms. The summed E-state index contributed by atoms with van der Waals surface area (Å²) >= 11 is 0. The lowest BCUT2D eigenvalue weighted by molar-refractivity contribution is -0.255. The number of hydrogen-bond acceptors (Lipinski definition) is 9. The Morgan fingerprint density at radius 2 is 1.95 bits per heavy atom. The number of alkyl carbamates (subject to hydrolysis) is 1. The first-order valence-corrected chi connectivity index (χ1v) is 13.6. The summed E-state index contributed by atoms with van der Waals surface area (Å²) in [5, 5.41) is 5.16. The molecule has 2 saturated heterocycles. The number of esters is 1. The van der Waals surface area contributed by atoms with E-state index in [4.69, 9.17) is 29.4 Å². The van der Waals surface area contributed by atoms with Crippen molar-refractivity contribution in [1.82, 2.24) is 10.6 Å². The molecule has 0 aromatic heterocycles. The maximum Gasteiger partial charge on any atom is 0.407 e. The molecule has 4 N–H and O–H groups in total. The van der Waals surface area contributed by atoms with Gasteiger partial charge in [-0.05, 0) is 47.0 Å². The van der Waals surface area contributed by atoms with Gasteiger partial charge in [0.25, 0.3) is 0 Å². The number of methoxy groups -OCH3 is 1. The number of epoxide rings is 1. The molecule has 3 rings (SSSR count). The zero-order chi connectivity index (χ0) is 28.1. The molecule has 0 aromatic rings. The molecule has 8 atom stereocenters. The van der Waals surface area contributed by atoms with Gasteiger partial charge in [0.1, 0.15) is 24.9 Å². The van der Waals surface area contributed by atoms with Crippen LogP contribution < -0.4 is 16.4 Å². The summed E-state index contributed by atoms with van der Waals surface area (Å²) in [7, 11) is 1.62. The fourth-order valence-electron chi connectivity index (χ4n) is 5.79. The smallest absolute Gasteiger partial charge is 0.407 e. The van der Waals surface area contributed by atoms with Gasteiger partial charge in [-0.25, -0.2) is 9.59 Å². The summed E-state index contributed by atoms with van der Waals surface area (Å²) in [5.41, 5.74) is 6.23. The fraction of sp³-hybridized carbons (Fsp3) is 0.815. The predicted octanol–water partition coefficient (Wildman–Crippen LogP) is 1.96. The van der Waals surface area contributed by atoms with E-state index in [9.17, 15) is 14.4 Å². The highest BCUT2D eigenvalue weighted by molar-refractivity contribution is 5.87. The van der Waals surface area contributed by atoms with Crippen molar-refractivity contribution in [3.63, 3.8) is 0 Å². The van der Waals surface area contributed by atoms with Crippen molar-refractivity contribution >= 4 is 18.0 Å². The van der Waals surface area contributed by atoms with E-state index in [0.29, 0.717) is 19.4 Å². The van der Waals surface area contributed by atoms with Crippen LogP contribution in [0.5, 0.6) is 0 Å². The molecule has 1 unspecified atom stereocenters. The minimum atomic E-state index is -0.845. The van der Waals surface area contributed by atoms with Gasteiger partial charge in [-0.1, -0.05) is 25.0 Å². The summed E-state index contributed by atoms with van der Waals surface area (Å²) in [6.45, 7) is 10.3. The molecule has 1 spiro atoms. The van der Waals surface area contributed by atoms with Crippen molar-refractivity contribution in [2.45, 2.75) is 108 Å². The van der Waals surface area contributed by atoms with Crippen LogP contribution >= 0.6 is 0 Å². The van der Waals surface area contributed by atoms with Crippen molar-refractivity contribution in [1.29, 1.82) is 0 Å². The standard InChI is InChI=1S/C27H45N3O8/c1-7-8-19(28)23(31)30-17(4)24(32)35-12-11-29-25(33)37-20-9-10-27(15-36-27)22(21(20)34-6)26(5)14-18(38-26)13-16(2)3/h13,17-22H,7-12,14-15,28H2,1-6H3,(H,29,33)(H,30,31)/t17-,18?,19-,20+,21+,22+,26-,27-/m0/s1. The van der Waals surface area contributed by atoms with Crippen molar-refractivity contribution in [2.75, 3.05) is 26.9 Å². The van der Waals surface area contributed by atoms with Crippen LogP contribution in [0.25, 0.3) is 0 Å². The Morgan fingerprint density at radius 3 is 2.53 bits per heavy atom. The molecule has 11 nitrogen and oxygen atoms in total. The van der Waals surface area contributed by atoms with E-state index in [2.05, 4.69) is 37.5 Å².